The van der Waals surface area contributed by atoms with E-state index in [1.807, 2.05) is 36.4 Å². The van der Waals surface area contributed by atoms with Crippen LogP contribution in [0.1, 0.15) is 23.4 Å². The Kier molecular flexibility index (Phi) is 5.00. The van der Waals surface area contributed by atoms with Crippen molar-refractivity contribution in [3.05, 3.63) is 69.9 Å². The minimum absolute atomic E-state index is 0.0664. The molecule has 0 fully saturated rings. The molecule has 2 atom stereocenters. The summed E-state index contributed by atoms with van der Waals surface area (Å²) in [6, 6.07) is 15.0. The minimum atomic E-state index is -0.220. The first-order chi connectivity index (χ1) is 9.06. The standard InChI is InChI=1S/C16H15BrClF/c1-11(16(18)13-5-3-2-4-6-13)7-12-8-14(17)10-15(19)9-12/h2-6,8-11,16H,7H2,1H3. The number of hydrogen-bond donors (Lipinski definition) is 0. The first-order valence-electron chi connectivity index (χ1n) is 6.20. The Morgan fingerprint density at radius 3 is 2.47 bits per heavy atom. The third kappa shape index (κ3) is 4.05. The Morgan fingerprint density at radius 2 is 1.84 bits per heavy atom. The van der Waals surface area contributed by atoms with Crippen LogP contribution in [0, 0.1) is 11.7 Å². The van der Waals surface area contributed by atoms with E-state index in [4.69, 9.17) is 11.6 Å². The summed E-state index contributed by atoms with van der Waals surface area (Å²) < 4.78 is 14.1. The molecule has 0 aliphatic carbocycles. The number of hydrogen-bond acceptors (Lipinski definition) is 0. The summed E-state index contributed by atoms with van der Waals surface area (Å²) in [5.74, 6) is 0.0141. The molecule has 2 aromatic rings. The molecule has 0 aromatic heterocycles. The second kappa shape index (κ2) is 6.53. The molecular formula is C16H15BrClF. The molecule has 0 spiro atoms. The van der Waals surface area contributed by atoms with E-state index in [9.17, 15) is 4.39 Å². The SMILES string of the molecule is CC(Cc1cc(F)cc(Br)c1)C(Cl)c1ccccc1. The molecule has 2 aromatic carbocycles. The summed E-state index contributed by atoms with van der Waals surface area (Å²) in [6.45, 7) is 2.09. The van der Waals surface area contributed by atoms with Gasteiger partial charge in [0, 0.05) is 4.47 Å². The van der Waals surface area contributed by atoms with Gasteiger partial charge < -0.3 is 0 Å². The monoisotopic (exact) mass is 340 g/mol. The van der Waals surface area contributed by atoms with Crippen molar-refractivity contribution in [1.82, 2.24) is 0 Å². The molecule has 0 saturated heterocycles. The second-order valence-electron chi connectivity index (χ2n) is 4.77. The van der Waals surface area contributed by atoms with Gasteiger partial charge in [0.1, 0.15) is 5.82 Å². The lowest BCUT2D eigenvalue weighted by atomic mass is 9.94. The van der Waals surface area contributed by atoms with E-state index in [1.165, 1.54) is 6.07 Å². The summed E-state index contributed by atoms with van der Waals surface area (Å²) in [4.78, 5) is 0. The smallest absolute Gasteiger partial charge is 0.124 e. The summed E-state index contributed by atoms with van der Waals surface area (Å²) >= 11 is 9.79. The van der Waals surface area contributed by atoms with Gasteiger partial charge in [-0.05, 0) is 41.7 Å². The van der Waals surface area contributed by atoms with Crippen molar-refractivity contribution in [2.75, 3.05) is 0 Å². The zero-order valence-electron chi connectivity index (χ0n) is 10.6. The first kappa shape index (κ1) is 14.5. The maximum atomic E-state index is 13.3. The largest absolute Gasteiger partial charge is 0.207 e. The Labute approximate surface area is 126 Å². The number of halogens is 3. The van der Waals surface area contributed by atoms with Crippen LogP contribution in [0.2, 0.25) is 0 Å². The quantitative estimate of drug-likeness (QED) is 0.621. The number of alkyl halides is 1. The third-order valence-electron chi connectivity index (χ3n) is 3.10. The first-order valence-corrected chi connectivity index (χ1v) is 7.43. The third-order valence-corrected chi connectivity index (χ3v) is 4.24. The predicted octanol–water partition coefficient (Wildman–Crippen LogP) is 5.75. The van der Waals surface area contributed by atoms with Gasteiger partial charge in [0.2, 0.25) is 0 Å². The summed E-state index contributed by atoms with van der Waals surface area (Å²) in [5.41, 5.74) is 2.06. The van der Waals surface area contributed by atoms with Crippen LogP contribution in [0.15, 0.2) is 53.0 Å². The van der Waals surface area contributed by atoms with Crippen LogP contribution >= 0.6 is 27.5 Å². The Balaban J connectivity index is 2.10. The van der Waals surface area contributed by atoms with Gasteiger partial charge in [0.15, 0.2) is 0 Å². The van der Waals surface area contributed by atoms with Gasteiger partial charge in [-0.1, -0.05) is 53.2 Å². The topological polar surface area (TPSA) is 0 Å². The van der Waals surface area contributed by atoms with E-state index >= 15 is 0 Å². The summed E-state index contributed by atoms with van der Waals surface area (Å²) in [5, 5.41) is -0.0664. The van der Waals surface area contributed by atoms with Gasteiger partial charge in [0.05, 0.1) is 5.38 Å². The summed E-state index contributed by atoms with van der Waals surface area (Å²) in [7, 11) is 0. The molecule has 0 aliphatic rings. The van der Waals surface area contributed by atoms with Crippen molar-refractivity contribution in [2.45, 2.75) is 18.7 Å². The molecule has 0 nitrogen and oxygen atoms in total. The van der Waals surface area contributed by atoms with Crippen molar-refractivity contribution >= 4 is 27.5 Å². The maximum Gasteiger partial charge on any atom is 0.124 e. The highest BCUT2D eigenvalue weighted by molar-refractivity contribution is 9.10. The highest BCUT2D eigenvalue weighted by atomic mass is 79.9. The average molecular weight is 342 g/mol. The molecule has 100 valence electrons. The molecular weight excluding hydrogens is 327 g/mol. The van der Waals surface area contributed by atoms with Crippen molar-refractivity contribution < 1.29 is 4.39 Å². The molecule has 0 aliphatic heterocycles. The molecule has 2 unspecified atom stereocenters. The van der Waals surface area contributed by atoms with Crippen LogP contribution in [0.3, 0.4) is 0 Å². The fourth-order valence-corrected chi connectivity index (χ4v) is 2.92. The lowest BCUT2D eigenvalue weighted by Gasteiger charge is -2.18. The Bertz CT molecular complexity index is 521. The molecule has 2 rings (SSSR count). The number of benzene rings is 2. The van der Waals surface area contributed by atoms with Gasteiger partial charge in [-0.25, -0.2) is 4.39 Å². The van der Waals surface area contributed by atoms with E-state index in [1.54, 1.807) is 6.07 Å². The lowest BCUT2D eigenvalue weighted by Crippen LogP contribution is -2.07. The molecule has 0 heterocycles. The number of rotatable bonds is 4. The van der Waals surface area contributed by atoms with E-state index in [0.29, 0.717) is 0 Å². The normalized spacial score (nSPS) is 14.1. The molecule has 3 heteroatoms. The van der Waals surface area contributed by atoms with E-state index in [0.717, 1.165) is 22.0 Å². The van der Waals surface area contributed by atoms with Gasteiger partial charge in [-0.15, -0.1) is 11.6 Å². The van der Waals surface area contributed by atoms with Crippen molar-refractivity contribution in [3.63, 3.8) is 0 Å². The van der Waals surface area contributed by atoms with Gasteiger partial charge in [-0.3, -0.25) is 0 Å². The zero-order chi connectivity index (χ0) is 13.8. The fourth-order valence-electron chi connectivity index (χ4n) is 2.17. The minimum Gasteiger partial charge on any atom is -0.207 e. The van der Waals surface area contributed by atoms with Gasteiger partial charge in [-0.2, -0.15) is 0 Å². The van der Waals surface area contributed by atoms with Crippen LogP contribution in [0.5, 0.6) is 0 Å². The van der Waals surface area contributed by atoms with E-state index in [-0.39, 0.29) is 17.1 Å². The Morgan fingerprint density at radius 1 is 1.16 bits per heavy atom. The lowest BCUT2D eigenvalue weighted by molar-refractivity contribution is 0.553. The van der Waals surface area contributed by atoms with E-state index in [2.05, 4.69) is 22.9 Å². The molecule has 19 heavy (non-hydrogen) atoms. The molecule has 0 N–H and O–H groups in total. The highest BCUT2D eigenvalue weighted by Crippen LogP contribution is 2.31. The van der Waals surface area contributed by atoms with Crippen LogP contribution in [0.25, 0.3) is 0 Å². The van der Waals surface area contributed by atoms with Crippen molar-refractivity contribution in [1.29, 1.82) is 0 Å². The average Bonchev–Trinajstić information content (AvgIpc) is 2.37. The van der Waals surface area contributed by atoms with Crippen LogP contribution in [0.4, 0.5) is 4.39 Å². The zero-order valence-corrected chi connectivity index (χ0v) is 13.0. The van der Waals surface area contributed by atoms with Crippen molar-refractivity contribution in [3.8, 4) is 0 Å². The molecule has 0 bridgehead atoms. The Hall–Kier alpha value is -0.860. The molecule has 0 saturated carbocycles. The second-order valence-corrected chi connectivity index (χ2v) is 6.16. The van der Waals surface area contributed by atoms with Gasteiger partial charge in [0.25, 0.3) is 0 Å². The van der Waals surface area contributed by atoms with Crippen molar-refractivity contribution in [2.24, 2.45) is 5.92 Å². The molecule has 0 radical (unpaired) electrons. The van der Waals surface area contributed by atoms with Crippen LogP contribution in [-0.4, -0.2) is 0 Å². The summed E-state index contributed by atoms with van der Waals surface area (Å²) in [6.07, 6.45) is 0.749. The predicted molar refractivity (Wildman–Crippen MR) is 82.0 cm³/mol. The maximum absolute atomic E-state index is 13.3. The molecule has 0 amide bonds. The van der Waals surface area contributed by atoms with E-state index < -0.39 is 0 Å². The van der Waals surface area contributed by atoms with Crippen LogP contribution < -0.4 is 0 Å². The van der Waals surface area contributed by atoms with Crippen LogP contribution in [-0.2, 0) is 6.42 Å². The van der Waals surface area contributed by atoms with Gasteiger partial charge >= 0.3 is 0 Å². The highest BCUT2D eigenvalue weighted by Gasteiger charge is 2.17. The fraction of sp³-hybridized carbons (Fsp3) is 0.250.